The zero-order chi connectivity index (χ0) is 18.8. The van der Waals surface area contributed by atoms with Crippen molar-refractivity contribution in [3.05, 3.63) is 48.0 Å². The maximum atomic E-state index is 12.7. The highest BCUT2D eigenvalue weighted by Gasteiger charge is 2.68. The fourth-order valence-corrected chi connectivity index (χ4v) is 7.07. The molecule has 0 aromatic carbocycles. The lowest BCUT2D eigenvalue weighted by atomic mass is 9.69. The summed E-state index contributed by atoms with van der Waals surface area (Å²) in [4.78, 5) is 31.1. The van der Waals surface area contributed by atoms with Gasteiger partial charge < -0.3 is 19.4 Å². The molecular weight excluding hydrogens is 356 g/mol. The quantitative estimate of drug-likeness (QED) is 0.629. The molecule has 4 aliphatic carbocycles. The molecule has 2 N–H and O–H groups in total. The molecule has 0 amide bonds. The highest BCUT2D eigenvalue weighted by atomic mass is 16.6. The van der Waals surface area contributed by atoms with Crippen molar-refractivity contribution in [2.45, 2.75) is 37.9 Å². The van der Waals surface area contributed by atoms with Gasteiger partial charge in [-0.25, -0.2) is 9.59 Å². The van der Waals surface area contributed by atoms with Crippen molar-refractivity contribution >= 4 is 11.9 Å². The van der Waals surface area contributed by atoms with Crippen molar-refractivity contribution in [3.8, 4) is 0 Å². The number of aromatic nitrogens is 2. The summed E-state index contributed by atoms with van der Waals surface area (Å²) in [6.45, 7) is 0. The van der Waals surface area contributed by atoms with Crippen molar-refractivity contribution in [1.82, 2.24) is 9.97 Å². The first-order chi connectivity index (χ1) is 13.7. The van der Waals surface area contributed by atoms with Crippen molar-refractivity contribution < 1.29 is 19.1 Å². The Hall–Kier alpha value is -2.50. The Kier molecular flexibility index (Phi) is 3.52. The van der Waals surface area contributed by atoms with E-state index in [9.17, 15) is 9.59 Å². The van der Waals surface area contributed by atoms with Crippen LogP contribution >= 0.6 is 0 Å². The van der Waals surface area contributed by atoms with Gasteiger partial charge in [0.2, 0.25) is 0 Å². The van der Waals surface area contributed by atoms with E-state index in [1.54, 1.807) is 36.9 Å². The third kappa shape index (κ3) is 2.26. The second-order valence-electron chi connectivity index (χ2n) is 8.99. The van der Waals surface area contributed by atoms with Gasteiger partial charge in [0.25, 0.3) is 0 Å². The first-order valence-electron chi connectivity index (χ1n) is 10.4. The lowest BCUT2D eigenvalue weighted by Gasteiger charge is -2.42. The molecule has 8 atom stereocenters. The number of aromatic amines is 2. The molecule has 0 saturated heterocycles. The third-order valence-corrected chi connectivity index (χ3v) is 7.90. The fourth-order valence-electron chi connectivity index (χ4n) is 7.07. The summed E-state index contributed by atoms with van der Waals surface area (Å²) in [5.74, 6) is 2.77. The van der Waals surface area contributed by atoms with E-state index in [2.05, 4.69) is 9.97 Å². The predicted octanol–water partition coefficient (Wildman–Crippen LogP) is 3.41. The van der Waals surface area contributed by atoms with Gasteiger partial charge >= 0.3 is 11.9 Å². The van der Waals surface area contributed by atoms with E-state index < -0.39 is 0 Å². The van der Waals surface area contributed by atoms with Gasteiger partial charge in [-0.1, -0.05) is 0 Å². The minimum absolute atomic E-state index is 0.317. The van der Waals surface area contributed by atoms with Crippen LogP contribution in [0.25, 0.3) is 0 Å². The molecule has 2 heterocycles. The summed E-state index contributed by atoms with van der Waals surface area (Å²) in [5.41, 5.74) is 1.03. The molecule has 4 aliphatic rings. The van der Waals surface area contributed by atoms with E-state index in [4.69, 9.17) is 9.47 Å². The molecule has 0 aliphatic heterocycles. The molecule has 2 aromatic rings. The lowest BCUT2D eigenvalue weighted by Crippen LogP contribution is -2.48. The summed E-state index contributed by atoms with van der Waals surface area (Å²) >= 11 is 0. The Morgan fingerprint density at radius 1 is 0.786 bits per heavy atom. The van der Waals surface area contributed by atoms with Crippen LogP contribution in [0.5, 0.6) is 0 Å². The number of esters is 2. The Morgan fingerprint density at radius 2 is 1.29 bits per heavy atom. The number of H-pyrrole nitrogens is 2. The molecule has 28 heavy (non-hydrogen) atoms. The summed E-state index contributed by atoms with van der Waals surface area (Å²) < 4.78 is 12.0. The number of hydrogen-bond donors (Lipinski definition) is 2. The Labute approximate surface area is 163 Å². The zero-order valence-electron chi connectivity index (χ0n) is 15.5. The van der Waals surface area contributed by atoms with Crippen LogP contribution in [0.3, 0.4) is 0 Å². The van der Waals surface area contributed by atoms with E-state index in [1.165, 1.54) is 19.3 Å². The third-order valence-electron chi connectivity index (χ3n) is 7.90. The second-order valence-corrected chi connectivity index (χ2v) is 8.99. The molecule has 0 radical (unpaired) electrons. The maximum absolute atomic E-state index is 12.7. The summed E-state index contributed by atoms with van der Waals surface area (Å²) in [7, 11) is 0. The summed E-state index contributed by atoms with van der Waals surface area (Å²) in [6, 6.07) is 3.44. The summed E-state index contributed by atoms with van der Waals surface area (Å²) in [6.07, 6.45) is 11.0. The fraction of sp³-hybridized carbons (Fsp3) is 0.545. The van der Waals surface area contributed by atoms with Crippen LogP contribution in [0.2, 0.25) is 0 Å². The maximum Gasteiger partial charge on any atom is 0.340 e. The van der Waals surface area contributed by atoms with Crippen LogP contribution in [-0.4, -0.2) is 34.1 Å². The van der Waals surface area contributed by atoms with Crippen LogP contribution in [0, 0.1) is 35.5 Å². The van der Waals surface area contributed by atoms with Crippen LogP contribution in [0.4, 0.5) is 0 Å². The zero-order valence-corrected chi connectivity index (χ0v) is 15.5. The molecule has 4 bridgehead atoms. The number of fused-ring (bicyclic) bond motifs is 9. The van der Waals surface area contributed by atoms with Gasteiger partial charge in [0, 0.05) is 36.6 Å². The molecular formula is C22H24N2O4. The average molecular weight is 380 g/mol. The molecule has 6 heteroatoms. The van der Waals surface area contributed by atoms with Crippen LogP contribution < -0.4 is 0 Å². The van der Waals surface area contributed by atoms with E-state index in [0.717, 1.165) is 18.3 Å². The number of rotatable bonds is 4. The van der Waals surface area contributed by atoms with E-state index in [1.807, 2.05) is 0 Å². The number of carbonyl (C=O) groups is 2. The van der Waals surface area contributed by atoms with Crippen LogP contribution in [0.15, 0.2) is 36.9 Å². The molecule has 4 fully saturated rings. The highest BCUT2D eigenvalue weighted by Crippen LogP contribution is 2.68. The first-order valence-corrected chi connectivity index (χ1v) is 10.4. The normalized spacial score (nSPS) is 39.9. The van der Waals surface area contributed by atoms with Crippen LogP contribution in [0.1, 0.15) is 46.4 Å². The van der Waals surface area contributed by atoms with E-state index >= 15 is 0 Å². The van der Waals surface area contributed by atoms with Gasteiger partial charge in [0.05, 0.1) is 11.1 Å². The molecule has 4 saturated carbocycles. The minimum atomic E-state index is -0.337. The molecule has 146 valence electrons. The minimum Gasteiger partial charge on any atom is -0.454 e. The van der Waals surface area contributed by atoms with Gasteiger partial charge in [0.15, 0.2) is 0 Å². The molecule has 8 unspecified atom stereocenters. The highest BCUT2D eigenvalue weighted by molar-refractivity contribution is 5.90. The van der Waals surface area contributed by atoms with Gasteiger partial charge in [-0.05, 0) is 61.5 Å². The molecule has 6 nitrogen and oxygen atoms in total. The van der Waals surface area contributed by atoms with Crippen LogP contribution in [-0.2, 0) is 9.47 Å². The average Bonchev–Trinajstić information content (AvgIpc) is 3.53. The lowest BCUT2D eigenvalue weighted by molar-refractivity contribution is -0.0891. The Morgan fingerprint density at radius 3 is 1.71 bits per heavy atom. The number of carbonyl (C=O) groups excluding carboxylic acids is 2. The predicted molar refractivity (Wildman–Crippen MR) is 99.4 cm³/mol. The van der Waals surface area contributed by atoms with Gasteiger partial charge in [0.1, 0.15) is 12.2 Å². The van der Waals surface area contributed by atoms with E-state index in [0.29, 0.717) is 34.8 Å². The van der Waals surface area contributed by atoms with Gasteiger partial charge in [-0.3, -0.25) is 0 Å². The molecule has 6 rings (SSSR count). The van der Waals surface area contributed by atoms with Crippen molar-refractivity contribution in [3.63, 3.8) is 0 Å². The van der Waals surface area contributed by atoms with Crippen molar-refractivity contribution in [2.75, 3.05) is 0 Å². The van der Waals surface area contributed by atoms with Crippen molar-refractivity contribution in [2.24, 2.45) is 35.5 Å². The Balaban J connectivity index is 1.29. The molecule has 2 aromatic heterocycles. The largest absolute Gasteiger partial charge is 0.454 e. The number of ether oxygens (including phenoxy) is 2. The monoisotopic (exact) mass is 380 g/mol. The standard InChI is InChI=1S/C22H24N2O4/c25-21(13-3-5-23-9-13)27-19-15-8-16(18-12-2-1-11(7-12)17(15)18)20(19)28-22(26)14-4-6-24-10-14/h3-6,9-12,15-20,23-24H,1-2,7-8H2. The number of hydrogen-bond acceptors (Lipinski definition) is 4. The SMILES string of the molecule is O=C(OC1C2CC(C1OC(=O)c1cc[nH]c1)C1C3CCC(C3)C21)c1cc[nH]c1. The smallest absolute Gasteiger partial charge is 0.340 e. The first kappa shape index (κ1) is 16.5. The molecule has 0 spiro atoms. The second kappa shape index (κ2) is 6.00. The summed E-state index contributed by atoms with van der Waals surface area (Å²) in [5, 5.41) is 0. The van der Waals surface area contributed by atoms with Gasteiger partial charge in [-0.2, -0.15) is 0 Å². The Bertz CT molecular complexity index is 818. The van der Waals surface area contributed by atoms with Gasteiger partial charge in [-0.15, -0.1) is 0 Å². The van der Waals surface area contributed by atoms with E-state index in [-0.39, 0.29) is 24.1 Å². The number of nitrogens with one attached hydrogen (secondary N) is 2. The van der Waals surface area contributed by atoms with Crippen molar-refractivity contribution in [1.29, 1.82) is 0 Å². The topological polar surface area (TPSA) is 84.2 Å².